The summed E-state index contributed by atoms with van der Waals surface area (Å²) in [6, 6.07) is 7.72. The van der Waals surface area contributed by atoms with Crippen LogP contribution in [0.1, 0.15) is 24.6 Å². The minimum Gasteiger partial charge on any atom is -0.494 e. The van der Waals surface area contributed by atoms with Gasteiger partial charge in [0.2, 0.25) is 0 Å². The highest BCUT2D eigenvalue weighted by atomic mass is 16.5. The number of ether oxygens (including phenoxy) is 2. The first-order chi connectivity index (χ1) is 9.72. The van der Waals surface area contributed by atoms with E-state index in [0.29, 0.717) is 24.9 Å². The summed E-state index contributed by atoms with van der Waals surface area (Å²) in [6.07, 6.45) is 2.68. The summed E-state index contributed by atoms with van der Waals surface area (Å²) in [6.45, 7) is 5.10. The molecular formula is C15H19N3O2. The van der Waals surface area contributed by atoms with E-state index in [1.807, 2.05) is 31.2 Å². The van der Waals surface area contributed by atoms with Crippen molar-refractivity contribution >= 4 is 0 Å². The van der Waals surface area contributed by atoms with Crippen molar-refractivity contribution in [1.29, 1.82) is 0 Å². The third-order valence-corrected chi connectivity index (χ3v) is 2.78. The molecule has 0 radical (unpaired) electrons. The van der Waals surface area contributed by atoms with Crippen molar-refractivity contribution in [2.75, 3.05) is 6.61 Å². The van der Waals surface area contributed by atoms with Crippen LogP contribution in [0.3, 0.4) is 0 Å². The van der Waals surface area contributed by atoms with Crippen LogP contribution in [-0.4, -0.2) is 16.6 Å². The largest absolute Gasteiger partial charge is 0.494 e. The molecule has 5 heteroatoms. The van der Waals surface area contributed by atoms with Gasteiger partial charge in [0, 0.05) is 24.0 Å². The second-order valence-electron chi connectivity index (χ2n) is 4.39. The Labute approximate surface area is 118 Å². The second kappa shape index (κ2) is 6.86. The Morgan fingerprint density at radius 1 is 1.15 bits per heavy atom. The molecule has 0 atom stereocenters. The zero-order valence-corrected chi connectivity index (χ0v) is 11.8. The number of nitrogens with two attached hydrogens (primary N) is 1. The van der Waals surface area contributed by atoms with E-state index in [-0.39, 0.29) is 0 Å². The third kappa shape index (κ3) is 3.68. The van der Waals surface area contributed by atoms with Crippen molar-refractivity contribution < 1.29 is 9.47 Å². The summed E-state index contributed by atoms with van der Waals surface area (Å²) >= 11 is 0. The van der Waals surface area contributed by atoms with Gasteiger partial charge in [0.25, 0.3) is 0 Å². The number of nitrogens with zero attached hydrogens (tertiary/aromatic N) is 2. The summed E-state index contributed by atoms with van der Waals surface area (Å²) < 4.78 is 11.1. The normalized spacial score (nSPS) is 10.3. The second-order valence-corrected chi connectivity index (χ2v) is 4.39. The quantitative estimate of drug-likeness (QED) is 0.876. The van der Waals surface area contributed by atoms with Crippen LogP contribution in [-0.2, 0) is 6.54 Å². The lowest BCUT2D eigenvalue weighted by Crippen LogP contribution is -2.03. The summed E-state index contributed by atoms with van der Waals surface area (Å²) in [5, 5.41) is 0. The first-order valence-corrected chi connectivity index (χ1v) is 6.66. The molecule has 2 aromatic rings. The van der Waals surface area contributed by atoms with Crippen LogP contribution >= 0.6 is 0 Å². The van der Waals surface area contributed by atoms with Gasteiger partial charge in [-0.3, -0.25) is 0 Å². The molecule has 1 aromatic carbocycles. The van der Waals surface area contributed by atoms with E-state index < -0.39 is 0 Å². The monoisotopic (exact) mass is 273 g/mol. The van der Waals surface area contributed by atoms with E-state index in [9.17, 15) is 0 Å². The predicted molar refractivity (Wildman–Crippen MR) is 77.0 cm³/mol. The van der Waals surface area contributed by atoms with Crippen molar-refractivity contribution in [3.05, 3.63) is 41.7 Å². The molecule has 0 amide bonds. The summed E-state index contributed by atoms with van der Waals surface area (Å²) in [5.41, 5.74) is 7.33. The highest BCUT2D eigenvalue weighted by Crippen LogP contribution is 2.22. The fraction of sp³-hybridized carbons (Fsp3) is 0.333. The first kappa shape index (κ1) is 14.3. The van der Waals surface area contributed by atoms with E-state index in [0.717, 1.165) is 23.4 Å². The lowest BCUT2D eigenvalue weighted by molar-refractivity contribution is 0.317. The molecule has 20 heavy (non-hydrogen) atoms. The molecule has 106 valence electrons. The number of aryl methyl sites for hydroxylation is 1. The molecule has 0 bridgehead atoms. The fourth-order valence-electron chi connectivity index (χ4n) is 1.65. The van der Waals surface area contributed by atoms with Gasteiger partial charge in [0.15, 0.2) is 0 Å². The SMILES string of the molecule is CCCOc1ccc(Oc2ncc(CN)c(C)n2)cc1. The number of aromatic nitrogens is 2. The molecule has 0 spiro atoms. The lowest BCUT2D eigenvalue weighted by Gasteiger charge is -2.08. The fourth-order valence-corrected chi connectivity index (χ4v) is 1.65. The van der Waals surface area contributed by atoms with Gasteiger partial charge >= 0.3 is 6.01 Å². The van der Waals surface area contributed by atoms with Crippen molar-refractivity contribution in [3.8, 4) is 17.5 Å². The molecule has 0 fully saturated rings. The van der Waals surface area contributed by atoms with Crippen molar-refractivity contribution in [2.45, 2.75) is 26.8 Å². The molecule has 1 heterocycles. The molecule has 5 nitrogen and oxygen atoms in total. The average molecular weight is 273 g/mol. The standard InChI is InChI=1S/C15H19N3O2/c1-3-8-19-13-4-6-14(7-5-13)20-15-17-10-12(9-16)11(2)18-15/h4-7,10H,3,8-9,16H2,1-2H3. The van der Waals surface area contributed by atoms with Crippen molar-refractivity contribution in [1.82, 2.24) is 9.97 Å². The molecule has 0 aliphatic rings. The van der Waals surface area contributed by atoms with Crippen LogP contribution in [0.2, 0.25) is 0 Å². The molecule has 2 N–H and O–H groups in total. The molecule has 0 aliphatic heterocycles. The number of rotatable bonds is 6. The lowest BCUT2D eigenvalue weighted by atomic mass is 10.2. The number of benzene rings is 1. The van der Waals surface area contributed by atoms with Crippen LogP contribution in [0.25, 0.3) is 0 Å². The van der Waals surface area contributed by atoms with Crippen LogP contribution < -0.4 is 15.2 Å². The predicted octanol–water partition coefficient (Wildman–Crippen LogP) is 2.82. The maximum absolute atomic E-state index is 5.60. The first-order valence-electron chi connectivity index (χ1n) is 6.66. The Hall–Kier alpha value is -2.14. The Kier molecular flexibility index (Phi) is 4.90. The van der Waals surface area contributed by atoms with E-state index in [1.165, 1.54) is 0 Å². The number of hydrogen-bond acceptors (Lipinski definition) is 5. The maximum Gasteiger partial charge on any atom is 0.322 e. The Morgan fingerprint density at radius 2 is 1.85 bits per heavy atom. The van der Waals surface area contributed by atoms with Gasteiger partial charge in [-0.05, 0) is 37.6 Å². The smallest absolute Gasteiger partial charge is 0.322 e. The summed E-state index contributed by atoms with van der Waals surface area (Å²) in [7, 11) is 0. The van der Waals surface area contributed by atoms with Crippen LogP contribution in [0.5, 0.6) is 17.5 Å². The zero-order valence-electron chi connectivity index (χ0n) is 11.8. The van der Waals surface area contributed by atoms with E-state index in [4.69, 9.17) is 15.2 Å². The molecule has 2 rings (SSSR count). The average Bonchev–Trinajstić information content (AvgIpc) is 2.47. The van der Waals surface area contributed by atoms with Crippen molar-refractivity contribution in [2.24, 2.45) is 5.73 Å². The van der Waals surface area contributed by atoms with Gasteiger partial charge in [-0.15, -0.1) is 0 Å². The van der Waals surface area contributed by atoms with Crippen LogP contribution in [0, 0.1) is 6.92 Å². The summed E-state index contributed by atoms with van der Waals surface area (Å²) in [4.78, 5) is 8.40. The molecule has 0 saturated heterocycles. The Balaban J connectivity index is 2.04. The number of hydrogen-bond donors (Lipinski definition) is 1. The molecule has 0 aliphatic carbocycles. The van der Waals surface area contributed by atoms with E-state index >= 15 is 0 Å². The molecular weight excluding hydrogens is 254 g/mol. The Morgan fingerprint density at radius 3 is 2.45 bits per heavy atom. The third-order valence-electron chi connectivity index (χ3n) is 2.78. The van der Waals surface area contributed by atoms with Gasteiger partial charge in [0.1, 0.15) is 11.5 Å². The maximum atomic E-state index is 5.60. The van der Waals surface area contributed by atoms with Gasteiger partial charge in [-0.25, -0.2) is 4.98 Å². The van der Waals surface area contributed by atoms with Gasteiger partial charge in [-0.1, -0.05) is 6.92 Å². The van der Waals surface area contributed by atoms with Crippen molar-refractivity contribution in [3.63, 3.8) is 0 Å². The molecule has 0 saturated carbocycles. The highest BCUT2D eigenvalue weighted by Gasteiger charge is 2.04. The molecule has 0 unspecified atom stereocenters. The Bertz CT molecular complexity index is 556. The topological polar surface area (TPSA) is 70.3 Å². The summed E-state index contributed by atoms with van der Waals surface area (Å²) in [5.74, 6) is 1.50. The minimum atomic E-state index is 0.321. The highest BCUT2D eigenvalue weighted by molar-refractivity contribution is 5.33. The van der Waals surface area contributed by atoms with Crippen LogP contribution in [0.15, 0.2) is 30.5 Å². The minimum absolute atomic E-state index is 0.321. The zero-order chi connectivity index (χ0) is 14.4. The van der Waals surface area contributed by atoms with E-state index in [1.54, 1.807) is 6.20 Å². The van der Waals surface area contributed by atoms with Gasteiger partial charge in [0.05, 0.1) is 6.61 Å². The van der Waals surface area contributed by atoms with Crippen LogP contribution in [0.4, 0.5) is 0 Å². The molecule has 1 aromatic heterocycles. The van der Waals surface area contributed by atoms with E-state index in [2.05, 4.69) is 16.9 Å². The van der Waals surface area contributed by atoms with Gasteiger partial charge < -0.3 is 15.2 Å². The van der Waals surface area contributed by atoms with Gasteiger partial charge in [-0.2, -0.15) is 4.98 Å².